The zero-order chi connectivity index (χ0) is 17.1. The van der Waals surface area contributed by atoms with Crippen molar-refractivity contribution in [2.75, 3.05) is 0 Å². The SMILES string of the molecule is O=C1NC(NC2CCCCCCC2)=N/C1=C\c1ccc2[nH]cnc2c1. The van der Waals surface area contributed by atoms with E-state index < -0.39 is 0 Å². The highest BCUT2D eigenvalue weighted by Crippen LogP contribution is 2.19. The number of imidazole rings is 1. The molecule has 2 aromatic rings. The number of aromatic nitrogens is 2. The van der Waals surface area contributed by atoms with Gasteiger partial charge >= 0.3 is 0 Å². The molecule has 1 aromatic carbocycles. The Morgan fingerprint density at radius 3 is 2.76 bits per heavy atom. The van der Waals surface area contributed by atoms with Crippen LogP contribution in [0.25, 0.3) is 17.1 Å². The van der Waals surface area contributed by atoms with E-state index in [9.17, 15) is 4.79 Å². The summed E-state index contributed by atoms with van der Waals surface area (Å²) in [6.07, 6.45) is 12.2. The van der Waals surface area contributed by atoms with Crippen LogP contribution in [0.1, 0.15) is 50.5 Å². The maximum Gasteiger partial charge on any atom is 0.276 e. The Morgan fingerprint density at radius 2 is 1.92 bits per heavy atom. The van der Waals surface area contributed by atoms with Crippen molar-refractivity contribution in [1.29, 1.82) is 0 Å². The molecule has 1 saturated carbocycles. The summed E-state index contributed by atoms with van der Waals surface area (Å²) in [7, 11) is 0. The van der Waals surface area contributed by atoms with Crippen LogP contribution in [0.3, 0.4) is 0 Å². The van der Waals surface area contributed by atoms with Gasteiger partial charge in [0.25, 0.3) is 5.91 Å². The standard InChI is InChI=1S/C19H23N5O/c25-18-17(11-13-8-9-15-16(10-13)21-12-20-15)23-19(24-18)22-14-6-4-2-1-3-5-7-14/h8-12,14H,1-7H2,(H,20,21)(H2,22,23,24,25)/b17-11-. The number of carbonyl (C=O) groups excluding carboxylic acids is 1. The molecular weight excluding hydrogens is 314 g/mol. The first-order valence-electron chi connectivity index (χ1n) is 9.09. The van der Waals surface area contributed by atoms with Gasteiger partial charge in [-0.15, -0.1) is 0 Å². The minimum absolute atomic E-state index is 0.157. The van der Waals surface area contributed by atoms with Gasteiger partial charge in [0.15, 0.2) is 0 Å². The fraction of sp³-hybridized carbons (Fsp3) is 0.421. The van der Waals surface area contributed by atoms with Gasteiger partial charge in [-0.25, -0.2) is 9.98 Å². The molecule has 1 amide bonds. The van der Waals surface area contributed by atoms with E-state index in [1.165, 1.54) is 32.1 Å². The number of amides is 1. The molecule has 3 N–H and O–H groups in total. The Kier molecular flexibility index (Phi) is 4.50. The number of aliphatic imine (C=N–C) groups is 1. The van der Waals surface area contributed by atoms with Gasteiger partial charge < -0.3 is 10.3 Å². The predicted octanol–water partition coefficient (Wildman–Crippen LogP) is 3.09. The second-order valence-corrected chi connectivity index (χ2v) is 6.81. The number of hydrogen-bond donors (Lipinski definition) is 3. The number of nitrogens with one attached hydrogen (secondary N) is 3. The fourth-order valence-electron chi connectivity index (χ4n) is 3.53. The molecule has 0 atom stereocenters. The number of carbonyl (C=O) groups is 1. The Bertz CT molecular complexity index is 827. The van der Waals surface area contributed by atoms with Crippen molar-refractivity contribution in [1.82, 2.24) is 20.6 Å². The lowest BCUT2D eigenvalue weighted by Crippen LogP contribution is -2.42. The second kappa shape index (κ2) is 7.09. The third kappa shape index (κ3) is 3.73. The van der Waals surface area contributed by atoms with Gasteiger partial charge in [0.2, 0.25) is 5.96 Å². The van der Waals surface area contributed by atoms with E-state index in [0.29, 0.717) is 17.7 Å². The van der Waals surface area contributed by atoms with Gasteiger partial charge in [0.05, 0.1) is 17.4 Å². The molecule has 4 rings (SSSR count). The molecule has 6 heteroatoms. The summed E-state index contributed by atoms with van der Waals surface area (Å²) >= 11 is 0. The van der Waals surface area contributed by atoms with Crippen LogP contribution in [0.2, 0.25) is 0 Å². The minimum atomic E-state index is -0.157. The topological polar surface area (TPSA) is 82.2 Å². The van der Waals surface area contributed by atoms with Crippen LogP contribution >= 0.6 is 0 Å². The van der Waals surface area contributed by atoms with Crippen molar-refractivity contribution >= 4 is 29.0 Å². The molecule has 2 heterocycles. The van der Waals surface area contributed by atoms with Crippen LogP contribution in [0, 0.1) is 0 Å². The highest BCUT2D eigenvalue weighted by molar-refractivity contribution is 6.13. The number of nitrogens with zero attached hydrogens (tertiary/aromatic N) is 2. The van der Waals surface area contributed by atoms with E-state index in [1.807, 2.05) is 18.2 Å². The van der Waals surface area contributed by atoms with Gasteiger partial charge in [0, 0.05) is 6.04 Å². The highest BCUT2D eigenvalue weighted by Gasteiger charge is 2.22. The second-order valence-electron chi connectivity index (χ2n) is 6.81. The van der Waals surface area contributed by atoms with Crippen LogP contribution in [0.5, 0.6) is 0 Å². The lowest BCUT2D eigenvalue weighted by atomic mass is 9.97. The van der Waals surface area contributed by atoms with Gasteiger partial charge in [-0.2, -0.15) is 0 Å². The number of benzene rings is 1. The highest BCUT2D eigenvalue weighted by atomic mass is 16.2. The van der Waals surface area contributed by atoms with Crippen LogP contribution < -0.4 is 10.6 Å². The first-order chi connectivity index (χ1) is 12.3. The van der Waals surface area contributed by atoms with Crippen molar-refractivity contribution in [3.05, 3.63) is 35.8 Å². The van der Waals surface area contributed by atoms with Gasteiger partial charge in [0.1, 0.15) is 5.70 Å². The molecule has 1 aliphatic heterocycles. The third-order valence-electron chi connectivity index (χ3n) is 4.89. The zero-order valence-corrected chi connectivity index (χ0v) is 14.2. The quantitative estimate of drug-likeness (QED) is 0.737. The van der Waals surface area contributed by atoms with Crippen LogP contribution in [-0.4, -0.2) is 27.9 Å². The number of hydrogen-bond acceptors (Lipinski definition) is 4. The number of aromatic amines is 1. The third-order valence-corrected chi connectivity index (χ3v) is 4.89. The first-order valence-corrected chi connectivity index (χ1v) is 9.09. The van der Waals surface area contributed by atoms with Crippen molar-refractivity contribution < 1.29 is 4.79 Å². The molecule has 1 aromatic heterocycles. The minimum Gasteiger partial charge on any atom is -0.353 e. The largest absolute Gasteiger partial charge is 0.353 e. The summed E-state index contributed by atoms with van der Waals surface area (Å²) < 4.78 is 0. The molecule has 0 radical (unpaired) electrons. The molecule has 1 fully saturated rings. The van der Waals surface area contributed by atoms with E-state index in [4.69, 9.17) is 0 Å². The van der Waals surface area contributed by atoms with Crippen molar-refractivity contribution in [2.45, 2.75) is 51.0 Å². The molecule has 1 aliphatic carbocycles. The van der Waals surface area contributed by atoms with E-state index in [2.05, 4.69) is 25.6 Å². The summed E-state index contributed by atoms with van der Waals surface area (Å²) in [5, 5.41) is 6.27. The Hall–Kier alpha value is -2.63. The number of H-pyrrole nitrogens is 1. The van der Waals surface area contributed by atoms with Crippen molar-refractivity contribution in [3.8, 4) is 0 Å². The lowest BCUT2D eigenvalue weighted by Gasteiger charge is -2.21. The fourth-order valence-corrected chi connectivity index (χ4v) is 3.53. The van der Waals surface area contributed by atoms with E-state index in [-0.39, 0.29) is 5.91 Å². The van der Waals surface area contributed by atoms with Gasteiger partial charge in [-0.05, 0) is 36.6 Å². The van der Waals surface area contributed by atoms with Crippen molar-refractivity contribution in [2.24, 2.45) is 4.99 Å². The summed E-state index contributed by atoms with van der Waals surface area (Å²) in [6, 6.07) is 6.26. The molecule has 0 spiro atoms. The first kappa shape index (κ1) is 15.9. The van der Waals surface area contributed by atoms with Crippen LogP contribution in [0.4, 0.5) is 0 Å². The Labute approximate surface area is 146 Å². The number of fused-ring (bicyclic) bond motifs is 1. The Morgan fingerprint density at radius 1 is 1.12 bits per heavy atom. The molecule has 0 bridgehead atoms. The molecule has 2 aliphatic rings. The summed E-state index contributed by atoms with van der Waals surface area (Å²) in [5.74, 6) is 0.429. The lowest BCUT2D eigenvalue weighted by molar-refractivity contribution is -0.115. The molecule has 25 heavy (non-hydrogen) atoms. The monoisotopic (exact) mass is 337 g/mol. The smallest absolute Gasteiger partial charge is 0.276 e. The Balaban J connectivity index is 1.48. The molecular formula is C19H23N5O. The van der Waals surface area contributed by atoms with E-state index in [0.717, 1.165) is 29.4 Å². The summed E-state index contributed by atoms with van der Waals surface area (Å²) in [5.41, 5.74) is 3.21. The maximum atomic E-state index is 12.2. The van der Waals surface area contributed by atoms with E-state index in [1.54, 1.807) is 12.4 Å². The van der Waals surface area contributed by atoms with E-state index >= 15 is 0 Å². The summed E-state index contributed by atoms with van der Waals surface area (Å²) in [4.78, 5) is 24.0. The zero-order valence-electron chi connectivity index (χ0n) is 14.2. The normalized spacial score (nSPS) is 21.0. The van der Waals surface area contributed by atoms with Crippen LogP contribution in [0.15, 0.2) is 35.2 Å². The number of guanidine groups is 1. The average Bonchev–Trinajstić information content (AvgIpc) is 3.16. The number of rotatable bonds is 2. The maximum absolute atomic E-state index is 12.2. The molecule has 130 valence electrons. The van der Waals surface area contributed by atoms with Crippen LogP contribution in [-0.2, 0) is 4.79 Å². The summed E-state index contributed by atoms with van der Waals surface area (Å²) in [6.45, 7) is 0. The van der Waals surface area contributed by atoms with Crippen molar-refractivity contribution in [3.63, 3.8) is 0 Å². The predicted molar refractivity (Wildman–Crippen MR) is 98.9 cm³/mol. The molecule has 6 nitrogen and oxygen atoms in total. The molecule has 0 saturated heterocycles. The molecule has 0 unspecified atom stereocenters. The average molecular weight is 337 g/mol. The van der Waals surface area contributed by atoms with Gasteiger partial charge in [-0.3, -0.25) is 10.1 Å². The van der Waals surface area contributed by atoms with Gasteiger partial charge in [-0.1, -0.05) is 38.2 Å².